The van der Waals surface area contributed by atoms with Crippen LogP contribution in [0.5, 0.6) is 0 Å². The van der Waals surface area contributed by atoms with E-state index in [1.54, 1.807) is 24.3 Å². The summed E-state index contributed by atoms with van der Waals surface area (Å²) in [6, 6.07) is 8.35. The van der Waals surface area contributed by atoms with Crippen LogP contribution in [0.2, 0.25) is 15.2 Å². The Kier molecular flexibility index (Phi) is 4.30. The highest BCUT2D eigenvalue weighted by atomic mass is 35.5. The number of esters is 1. The molecule has 1 aromatic carbocycles. The number of hydrogen-bond donors (Lipinski definition) is 0. The van der Waals surface area contributed by atoms with Crippen LogP contribution in [0.3, 0.4) is 0 Å². The van der Waals surface area contributed by atoms with Crippen LogP contribution < -0.4 is 0 Å². The van der Waals surface area contributed by atoms with Gasteiger partial charge in [-0.3, -0.25) is 0 Å². The van der Waals surface area contributed by atoms with E-state index in [-0.39, 0.29) is 10.8 Å². The van der Waals surface area contributed by atoms with Gasteiger partial charge in [-0.2, -0.15) is 0 Å². The molecule has 0 bridgehead atoms. The number of benzene rings is 1. The number of ether oxygens (including phenoxy) is 1. The molecule has 2 rings (SSSR count). The van der Waals surface area contributed by atoms with Crippen LogP contribution in [-0.2, 0) is 4.74 Å². The van der Waals surface area contributed by atoms with Crippen molar-refractivity contribution in [2.45, 2.75) is 0 Å². The fourth-order valence-corrected chi connectivity index (χ4v) is 2.09. The summed E-state index contributed by atoms with van der Waals surface area (Å²) in [6.07, 6.45) is 0. The summed E-state index contributed by atoms with van der Waals surface area (Å²) >= 11 is 17.9. The topological polar surface area (TPSA) is 39.2 Å². The zero-order valence-electron chi connectivity index (χ0n) is 9.78. The maximum atomic E-state index is 11.3. The lowest BCUT2D eigenvalue weighted by atomic mass is 10.1. The lowest BCUT2D eigenvalue weighted by Gasteiger charge is -2.06. The molecule has 0 fully saturated rings. The van der Waals surface area contributed by atoms with Crippen molar-refractivity contribution in [1.82, 2.24) is 4.98 Å². The predicted octanol–water partition coefficient (Wildman–Crippen LogP) is 4.50. The number of rotatable bonds is 2. The molecule has 0 aliphatic heterocycles. The number of aromatic nitrogens is 1. The van der Waals surface area contributed by atoms with Gasteiger partial charge in [0.15, 0.2) is 0 Å². The van der Waals surface area contributed by atoms with E-state index in [4.69, 9.17) is 34.8 Å². The van der Waals surface area contributed by atoms with Gasteiger partial charge in [0, 0.05) is 5.56 Å². The zero-order chi connectivity index (χ0) is 14.0. The molecule has 0 saturated heterocycles. The van der Waals surface area contributed by atoms with Crippen LogP contribution in [0.25, 0.3) is 11.1 Å². The number of halogens is 3. The van der Waals surface area contributed by atoms with Crippen LogP contribution in [0.15, 0.2) is 30.3 Å². The first-order chi connectivity index (χ1) is 9.02. The Morgan fingerprint density at radius 1 is 1.11 bits per heavy atom. The molecule has 0 amide bonds. The van der Waals surface area contributed by atoms with E-state index in [2.05, 4.69) is 9.72 Å². The number of nitrogens with zero attached hydrogens (tertiary/aromatic N) is 1. The van der Waals surface area contributed by atoms with E-state index in [9.17, 15) is 4.79 Å². The van der Waals surface area contributed by atoms with Gasteiger partial charge in [0.25, 0.3) is 0 Å². The van der Waals surface area contributed by atoms with Crippen molar-refractivity contribution in [2.24, 2.45) is 0 Å². The molecule has 0 radical (unpaired) electrons. The summed E-state index contributed by atoms with van der Waals surface area (Å²) < 4.78 is 4.57. The molecule has 98 valence electrons. The number of carbonyl (C=O) groups is 1. The molecule has 0 spiro atoms. The van der Waals surface area contributed by atoms with Crippen LogP contribution in [0.4, 0.5) is 0 Å². The SMILES string of the molecule is COC(=O)c1ccc(-c2ccc(Cl)c(Cl)c2)c(Cl)n1. The number of pyridine rings is 1. The summed E-state index contributed by atoms with van der Waals surface area (Å²) in [5.74, 6) is -0.539. The Morgan fingerprint density at radius 3 is 2.42 bits per heavy atom. The molecule has 1 heterocycles. The zero-order valence-corrected chi connectivity index (χ0v) is 12.1. The Balaban J connectivity index is 2.46. The van der Waals surface area contributed by atoms with Gasteiger partial charge in [-0.05, 0) is 29.8 Å². The lowest BCUT2D eigenvalue weighted by molar-refractivity contribution is 0.0594. The van der Waals surface area contributed by atoms with Gasteiger partial charge in [0.2, 0.25) is 0 Å². The summed E-state index contributed by atoms with van der Waals surface area (Å²) in [6.45, 7) is 0. The first kappa shape index (κ1) is 14.1. The van der Waals surface area contributed by atoms with Gasteiger partial charge in [0.1, 0.15) is 10.8 Å². The fraction of sp³-hybridized carbons (Fsp3) is 0.0769. The van der Waals surface area contributed by atoms with Crippen molar-refractivity contribution in [3.8, 4) is 11.1 Å². The predicted molar refractivity (Wildman–Crippen MR) is 76.0 cm³/mol. The molecule has 19 heavy (non-hydrogen) atoms. The number of hydrogen-bond acceptors (Lipinski definition) is 3. The third kappa shape index (κ3) is 3.00. The van der Waals surface area contributed by atoms with E-state index in [0.29, 0.717) is 15.6 Å². The highest BCUT2D eigenvalue weighted by molar-refractivity contribution is 6.42. The second-order valence-corrected chi connectivity index (χ2v) is 4.83. The molecular weight excluding hydrogens is 309 g/mol. The molecular formula is C13H8Cl3NO2. The molecule has 0 N–H and O–H groups in total. The average molecular weight is 317 g/mol. The summed E-state index contributed by atoms with van der Waals surface area (Å²) in [5, 5.41) is 1.08. The average Bonchev–Trinajstić information content (AvgIpc) is 2.41. The van der Waals surface area contributed by atoms with Crippen LogP contribution in [0.1, 0.15) is 10.5 Å². The Hall–Kier alpha value is -1.29. The minimum Gasteiger partial charge on any atom is -0.464 e. The van der Waals surface area contributed by atoms with Gasteiger partial charge in [0.05, 0.1) is 17.2 Å². The Labute approximate surface area is 125 Å². The van der Waals surface area contributed by atoms with Gasteiger partial charge >= 0.3 is 5.97 Å². The van der Waals surface area contributed by atoms with Crippen LogP contribution in [0, 0.1) is 0 Å². The van der Waals surface area contributed by atoms with Crippen molar-refractivity contribution in [1.29, 1.82) is 0 Å². The van der Waals surface area contributed by atoms with Crippen LogP contribution >= 0.6 is 34.8 Å². The molecule has 3 nitrogen and oxygen atoms in total. The first-order valence-corrected chi connectivity index (χ1v) is 6.36. The van der Waals surface area contributed by atoms with E-state index in [1.165, 1.54) is 13.2 Å². The smallest absolute Gasteiger partial charge is 0.356 e. The van der Waals surface area contributed by atoms with Gasteiger partial charge in [-0.15, -0.1) is 0 Å². The second-order valence-electron chi connectivity index (χ2n) is 3.66. The Bertz CT molecular complexity index is 644. The maximum absolute atomic E-state index is 11.3. The molecule has 0 aliphatic rings. The van der Waals surface area contributed by atoms with E-state index in [0.717, 1.165) is 5.56 Å². The number of methoxy groups -OCH3 is 1. The normalized spacial score (nSPS) is 10.3. The lowest BCUT2D eigenvalue weighted by Crippen LogP contribution is -2.04. The van der Waals surface area contributed by atoms with Crippen molar-refractivity contribution in [3.63, 3.8) is 0 Å². The molecule has 0 aliphatic carbocycles. The van der Waals surface area contributed by atoms with Gasteiger partial charge < -0.3 is 4.74 Å². The number of carbonyl (C=O) groups excluding carboxylic acids is 1. The molecule has 0 saturated carbocycles. The Morgan fingerprint density at radius 2 is 1.84 bits per heavy atom. The monoisotopic (exact) mass is 315 g/mol. The first-order valence-electron chi connectivity index (χ1n) is 5.23. The third-order valence-electron chi connectivity index (χ3n) is 2.47. The minimum atomic E-state index is -0.539. The van der Waals surface area contributed by atoms with Gasteiger partial charge in [-0.1, -0.05) is 40.9 Å². The van der Waals surface area contributed by atoms with E-state index < -0.39 is 5.97 Å². The second kappa shape index (κ2) is 5.78. The van der Waals surface area contributed by atoms with Crippen molar-refractivity contribution in [3.05, 3.63) is 51.2 Å². The van der Waals surface area contributed by atoms with Crippen LogP contribution in [-0.4, -0.2) is 18.1 Å². The molecule has 0 unspecified atom stereocenters. The standard InChI is InChI=1S/C13H8Cl3NO2/c1-19-13(18)11-5-3-8(12(16)17-11)7-2-4-9(14)10(15)6-7/h2-6H,1H3. The van der Waals surface area contributed by atoms with E-state index >= 15 is 0 Å². The largest absolute Gasteiger partial charge is 0.464 e. The van der Waals surface area contributed by atoms with Crippen molar-refractivity contribution < 1.29 is 9.53 Å². The maximum Gasteiger partial charge on any atom is 0.356 e. The van der Waals surface area contributed by atoms with Crippen molar-refractivity contribution in [2.75, 3.05) is 7.11 Å². The van der Waals surface area contributed by atoms with E-state index in [1.807, 2.05) is 0 Å². The molecule has 0 atom stereocenters. The van der Waals surface area contributed by atoms with Crippen molar-refractivity contribution >= 4 is 40.8 Å². The highest BCUT2D eigenvalue weighted by Gasteiger charge is 2.12. The summed E-state index contributed by atoms with van der Waals surface area (Å²) in [7, 11) is 1.28. The highest BCUT2D eigenvalue weighted by Crippen LogP contribution is 2.31. The summed E-state index contributed by atoms with van der Waals surface area (Å²) in [4.78, 5) is 15.3. The van der Waals surface area contributed by atoms with Gasteiger partial charge in [-0.25, -0.2) is 9.78 Å². The third-order valence-corrected chi connectivity index (χ3v) is 3.50. The molecule has 6 heteroatoms. The molecule has 2 aromatic rings. The minimum absolute atomic E-state index is 0.149. The quantitative estimate of drug-likeness (QED) is 0.605. The molecule has 1 aromatic heterocycles. The fourth-order valence-electron chi connectivity index (χ4n) is 1.53. The summed E-state index contributed by atoms with van der Waals surface area (Å²) in [5.41, 5.74) is 1.58.